The number of benzene rings is 1. The van der Waals surface area contributed by atoms with Crippen LogP contribution in [0, 0.1) is 0 Å². The fourth-order valence-corrected chi connectivity index (χ4v) is 3.31. The Morgan fingerprint density at radius 1 is 0.800 bits per heavy atom. The molecule has 1 aromatic carbocycles. The largest absolute Gasteiger partial charge is 0.143 e. The first-order valence-electron chi connectivity index (χ1n) is 5.04. The quantitative estimate of drug-likeness (QED) is 0.585. The van der Waals surface area contributed by atoms with E-state index >= 15 is 0 Å². The molecular weight excluding hydrogens is 200 g/mol. The van der Waals surface area contributed by atoms with Crippen molar-refractivity contribution in [3.8, 4) is 0 Å². The summed E-state index contributed by atoms with van der Waals surface area (Å²) in [6.07, 6.45) is 4.62. The summed E-state index contributed by atoms with van der Waals surface area (Å²) in [6.45, 7) is 0. The summed E-state index contributed by atoms with van der Waals surface area (Å²) in [5, 5.41) is 6.30. The second kappa shape index (κ2) is 2.50. The standard InChI is InChI=1S/C14H8S/c1-2-4-11-9(3-1)7-13-12(11)8-10-5-6-15-14(10)13/h1-8H. The van der Waals surface area contributed by atoms with Gasteiger partial charge >= 0.3 is 0 Å². The van der Waals surface area contributed by atoms with Crippen molar-refractivity contribution < 1.29 is 0 Å². The molecule has 2 aliphatic rings. The Bertz CT molecular complexity index is 804. The highest BCUT2D eigenvalue weighted by atomic mass is 32.1. The topological polar surface area (TPSA) is 0 Å². The van der Waals surface area contributed by atoms with Crippen LogP contribution in [-0.4, -0.2) is 0 Å². The minimum Gasteiger partial charge on any atom is -0.143 e. The van der Waals surface area contributed by atoms with Crippen LogP contribution < -0.4 is 20.2 Å². The number of thiophene rings is 1. The van der Waals surface area contributed by atoms with Gasteiger partial charge in [-0.1, -0.05) is 24.3 Å². The summed E-state index contributed by atoms with van der Waals surface area (Å²) in [7, 11) is 0. The monoisotopic (exact) mass is 208 g/mol. The van der Waals surface area contributed by atoms with Gasteiger partial charge in [-0.05, 0) is 44.8 Å². The maximum atomic E-state index is 2.31. The molecule has 0 unspecified atom stereocenters. The van der Waals surface area contributed by atoms with E-state index in [1.54, 1.807) is 0 Å². The summed E-state index contributed by atoms with van der Waals surface area (Å²) in [4.78, 5) is 0. The molecule has 0 fully saturated rings. The molecule has 0 N–H and O–H groups in total. The van der Waals surface area contributed by atoms with Crippen molar-refractivity contribution in [3.63, 3.8) is 0 Å². The first kappa shape index (κ1) is 7.66. The van der Waals surface area contributed by atoms with Crippen molar-refractivity contribution in [2.45, 2.75) is 0 Å². The van der Waals surface area contributed by atoms with E-state index in [0.717, 1.165) is 0 Å². The molecular formula is C14H8S. The van der Waals surface area contributed by atoms with E-state index < -0.39 is 0 Å². The zero-order valence-electron chi connectivity index (χ0n) is 8.03. The van der Waals surface area contributed by atoms with Crippen molar-refractivity contribution in [3.05, 3.63) is 55.9 Å². The predicted molar refractivity (Wildman–Crippen MR) is 65.0 cm³/mol. The van der Waals surface area contributed by atoms with Crippen molar-refractivity contribution in [1.82, 2.24) is 0 Å². The average molecular weight is 208 g/mol. The average Bonchev–Trinajstić information content (AvgIpc) is 2.87. The van der Waals surface area contributed by atoms with Gasteiger partial charge in [-0.3, -0.25) is 0 Å². The lowest BCUT2D eigenvalue weighted by Gasteiger charge is -1.90. The van der Waals surface area contributed by atoms with E-state index in [2.05, 4.69) is 47.9 Å². The highest BCUT2D eigenvalue weighted by molar-refractivity contribution is 7.08. The third-order valence-corrected chi connectivity index (χ3v) is 4.04. The molecule has 0 spiro atoms. The van der Waals surface area contributed by atoms with Gasteiger partial charge in [-0.25, -0.2) is 0 Å². The molecule has 1 aromatic heterocycles. The molecule has 0 nitrogen and oxygen atoms in total. The van der Waals surface area contributed by atoms with Gasteiger partial charge in [-0.15, -0.1) is 11.3 Å². The number of rotatable bonds is 0. The zero-order valence-corrected chi connectivity index (χ0v) is 8.84. The van der Waals surface area contributed by atoms with Gasteiger partial charge in [0, 0.05) is 10.1 Å². The van der Waals surface area contributed by atoms with E-state index in [1.165, 1.54) is 31.3 Å². The van der Waals surface area contributed by atoms with Gasteiger partial charge < -0.3 is 0 Å². The Morgan fingerprint density at radius 2 is 1.67 bits per heavy atom. The van der Waals surface area contributed by atoms with Gasteiger partial charge in [0.2, 0.25) is 0 Å². The maximum absolute atomic E-state index is 2.31. The van der Waals surface area contributed by atoms with Crippen LogP contribution in [0.25, 0.3) is 23.3 Å². The minimum absolute atomic E-state index is 1.36. The van der Waals surface area contributed by atoms with Gasteiger partial charge in [0.05, 0.1) is 0 Å². The van der Waals surface area contributed by atoms with Crippen molar-refractivity contribution in [1.29, 1.82) is 0 Å². The molecule has 1 heteroatoms. The second-order valence-electron chi connectivity index (χ2n) is 3.91. The summed E-state index contributed by atoms with van der Waals surface area (Å²) < 4.78 is 1.43. The third-order valence-electron chi connectivity index (χ3n) is 3.08. The molecule has 0 radical (unpaired) electrons. The molecule has 70 valence electrons. The maximum Gasteiger partial charge on any atom is 0.0421 e. The van der Waals surface area contributed by atoms with E-state index in [1.807, 2.05) is 11.3 Å². The molecule has 0 saturated carbocycles. The normalized spacial score (nSPS) is 15.5. The van der Waals surface area contributed by atoms with Crippen LogP contribution in [0.4, 0.5) is 0 Å². The number of fused-ring (bicyclic) bond motifs is 3. The van der Waals surface area contributed by atoms with Crippen LogP contribution >= 0.6 is 11.3 Å². The lowest BCUT2D eigenvalue weighted by atomic mass is 10.1. The number of hydrogen-bond donors (Lipinski definition) is 0. The predicted octanol–water partition coefficient (Wildman–Crippen LogP) is 0.338. The molecule has 4 rings (SSSR count). The molecule has 0 atom stereocenters. The summed E-state index contributed by atoms with van der Waals surface area (Å²) in [5.74, 6) is 0. The fourth-order valence-electron chi connectivity index (χ4n) is 2.40. The Labute approximate surface area is 90.8 Å². The van der Waals surface area contributed by atoms with E-state index in [0.29, 0.717) is 0 Å². The van der Waals surface area contributed by atoms with Crippen molar-refractivity contribution >= 4 is 34.6 Å². The first-order valence-corrected chi connectivity index (χ1v) is 5.92. The van der Waals surface area contributed by atoms with Gasteiger partial charge in [-0.2, -0.15) is 0 Å². The van der Waals surface area contributed by atoms with Gasteiger partial charge in [0.1, 0.15) is 0 Å². The van der Waals surface area contributed by atoms with Crippen LogP contribution in [0.1, 0.15) is 0 Å². The Kier molecular flexibility index (Phi) is 1.28. The van der Waals surface area contributed by atoms with Crippen molar-refractivity contribution in [2.24, 2.45) is 0 Å². The van der Waals surface area contributed by atoms with E-state index in [9.17, 15) is 0 Å². The van der Waals surface area contributed by atoms with Crippen LogP contribution in [0.5, 0.6) is 0 Å². The van der Waals surface area contributed by atoms with Crippen LogP contribution in [0.15, 0.2) is 35.7 Å². The highest BCUT2D eigenvalue weighted by Crippen LogP contribution is 2.19. The molecule has 0 amide bonds. The third kappa shape index (κ3) is 0.864. The van der Waals surface area contributed by atoms with Crippen LogP contribution in [-0.2, 0) is 0 Å². The molecule has 0 bridgehead atoms. The SMILES string of the molecule is C1=c2ccccc2=C2C=c3ccsc3=C12. The molecule has 2 aromatic rings. The second-order valence-corrected chi connectivity index (χ2v) is 4.82. The Hall–Kier alpha value is -1.60. The van der Waals surface area contributed by atoms with Crippen LogP contribution in [0.2, 0.25) is 0 Å². The first-order chi connectivity index (χ1) is 7.43. The summed E-state index contributed by atoms with van der Waals surface area (Å²) in [6, 6.07) is 10.8. The fraction of sp³-hybridized carbons (Fsp3) is 0. The molecule has 15 heavy (non-hydrogen) atoms. The smallest absolute Gasteiger partial charge is 0.0421 e. The van der Waals surface area contributed by atoms with Crippen molar-refractivity contribution in [2.75, 3.05) is 0 Å². The Morgan fingerprint density at radius 3 is 2.67 bits per heavy atom. The van der Waals surface area contributed by atoms with Gasteiger partial charge in [0.15, 0.2) is 0 Å². The zero-order chi connectivity index (χ0) is 9.83. The molecule has 0 saturated heterocycles. The molecule has 0 aliphatic heterocycles. The van der Waals surface area contributed by atoms with E-state index in [-0.39, 0.29) is 0 Å². The lowest BCUT2D eigenvalue weighted by molar-refractivity contribution is 1.54. The van der Waals surface area contributed by atoms with Crippen LogP contribution in [0.3, 0.4) is 0 Å². The Balaban J connectivity index is 2.35. The summed E-state index contributed by atoms with van der Waals surface area (Å²) in [5.41, 5.74) is 2.83. The molecule has 1 heterocycles. The van der Waals surface area contributed by atoms with Gasteiger partial charge in [0.25, 0.3) is 0 Å². The van der Waals surface area contributed by atoms with E-state index in [4.69, 9.17) is 0 Å². The highest BCUT2D eigenvalue weighted by Gasteiger charge is 2.14. The number of hydrogen-bond acceptors (Lipinski definition) is 1. The lowest BCUT2D eigenvalue weighted by Crippen LogP contribution is -2.22. The minimum atomic E-state index is 1.36. The molecule has 2 aliphatic carbocycles. The summed E-state index contributed by atoms with van der Waals surface area (Å²) >= 11 is 1.84.